The lowest BCUT2D eigenvalue weighted by Crippen LogP contribution is -2.23. The number of hydrogen-bond acceptors (Lipinski definition) is 2. The van der Waals surface area contributed by atoms with E-state index in [4.69, 9.17) is 4.74 Å². The van der Waals surface area contributed by atoms with Crippen LogP contribution in [0.2, 0.25) is 0 Å². The van der Waals surface area contributed by atoms with Crippen LogP contribution < -0.4 is 10.1 Å². The largest absolute Gasteiger partial charge is 0.497 e. The van der Waals surface area contributed by atoms with Crippen molar-refractivity contribution in [3.05, 3.63) is 28.2 Å². The molecule has 0 saturated heterocycles. The van der Waals surface area contributed by atoms with E-state index in [9.17, 15) is 0 Å². The van der Waals surface area contributed by atoms with Gasteiger partial charge in [-0.3, -0.25) is 0 Å². The van der Waals surface area contributed by atoms with Gasteiger partial charge in [0, 0.05) is 4.47 Å². The molecule has 0 aromatic heterocycles. The Hall–Kier alpha value is -0.540. The Morgan fingerprint density at radius 2 is 2.06 bits per heavy atom. The van der Waals surface area contributed by atoms with Crippen molar-refractivity contribution in [2.45, 2.75) is 25.7 Å². The van der Waals surface area contributed by atoms with E-state index in [-0.39, 0.29) is 5.41 Å². The highest BCUT2D eigenvalue weighted by Crippen LogP contribution is 2.34. The van der Waals surface area contributed by atoms with Crippen molar-refractivity contribution in [3.63, 3.8) is 0 Å². The Balaban J connectivity index is 2.94. The Kier molecular flexibility index (Phi) is 4.81. The van der Waals surface area contributed by atoms with Crippen molar-refractivity contribution in [2.75, 3.05) is 20.7 Å². The third-order valence-electron chi connectivity index (χ3n) is 2.91. The lowest BCUT2D eigenvalue weighted by atomic mass is 9.81. The molecule has 0 saturated carbocycles. The topological polar surface area (TPSA) is 21.3 Å². The zero-order valence-corrected chi connectivity index (χ0v) is 12.0. The molecule has 0 spiro atoms. The Morgan fingerprint density at radius 1 is 1.38 bits per heavy atom. The fourth-order valence-corrected chi connectivity index (χ4v) is 2.64. The highest BCUT2D eigenvalue weighted by molar-refractivity contribution is 9.10. The van der Waals surface area contributed by atoms with Crippen molar-refractivity contribution in [1.29, 1.82) is 0 Å². The predicted molar refractivity (Wildman–Crippen MR) is 72.3 cm³/mol. The molecule has 0 aliphatic heterocycles. The maximum Gasteiger partial charge on any atom is 0.120 e. The molecule has 0 heterocycles. The molecule has 3 heteroatoms. The lowest BCUT2D eigenvalue weighted by Gasteiger charge is -2.26. The smallest absolute Gasteiger partial charge is 0.120 e. The van der Waals surface area contributed by atoms with E-state index < -0.39 is 0 Å². The number of halogens is 1. The van der Waals surface area contributed by atoms with Crippen molar-refractivity contribution in [3.8, 4) is 5.75 Å². The van der Waals surface area contributed by atoms with E-state index in [1.807, 2.05) is 19.2 Å². The molecular weight excluding hydrogens is 266 g/mol. The monoisotopic (exact) mass is 285 g/mol. The average molecular weight is 286 g/mol. The summed E-state index contributed by atoms with van der Waals surface area (Å²) in [6.07, 6.45) is 1.11. The van der Waals surface area contributed by atoms with Gasteiger partial charge in [0.2, 0.25) is 0 Å². The average Bonchev–Trinajstić information content (AvgIpc) is 2.25. The first-order valence-electron chi connectivity index (χ1n) is 5.50. The van der Waals surface area contributed by atoms with Crippen molar-refractivity contribution in [1.82, 2.24) is 5.32 Å². The van der Waals surface area contributed by atoms with E-state index in [1.165, 1.54) is 5.56 Å². The van der Waals surface area contributed by atoms with Gasteiger partial charge in [-0.15, -0.1) is 0 Å². The van der Waals surface area contributed by atoms with Crippen molar-refractivity contribution < 1.29 is 4.74 Å². The van der Waals surface area contributed by atoms with Crippen LogP contribution in [-0.4, -0.2) is 20.7 Å². The summed E-state index contributed by atoms with van der Waals surface area (Å²) in [7, 11) is 3.67. The highest BCUT2D eigenvalue weighted by Gasteiger charge is 2.22. The number of rotatable bonds is 5. The van der Waals surface area contributed by atoms with Gasteiger partial charge < -0.3 is 10.1 Å². The van der Waals surface area contributed by atoms with Gasteiger partial charge in [-0.25, -0.2) is 0 Å². The van der Waals surface area contributed by atoms with Crippen molar-refractivity contribution >= 4 is 15.9 Å². The first-order chi connectivity index (χ1) is 7.51. The Bertz CT molecular complexity index is 350. The SMILES string of the molecule is CNCCC(C)(C)c1ccc(OC)cc1Br. The fourth-order valence-electron chi connectivity index (χ4n) is 1.74. The molecule has 1 N–H and O–H groups in total. The molecule has 0 aliphatic carbocycles. The summed E-state index contributed by atoms with van der Waals surface area (Å²) < 4.78 is 6.32. The van der Waals surface area contributed by atoms with Crippen LogP contribution >= 0.6 is 15.9 Å². The molecule has 1 aromatic carbocycles. The molecule has 1 rings (SSSR count). The summed E-state index contributed by atoms with van der Waals surface area (Å²) >= 11 is 3.62. The van der Waals surface area contributed by atoms with Crippen LogP contribution in [0.3, 0.4) is 0 Å². The number of nitrogens with one attached hydrogen (secondary N) is 1. The van der Waals surface area contributed by atoms with Crippen LogP contribution in [0.25, 0.3) is 0 Å². The summed E-state index contributed by atoms with van der Waals surface area (Å²) in [5.74, 6) is 0.889. The summed E-state index contributed by atoms with van der Waals surface area (Å²) in [5.41, 5.74) is 1.48. The molecule has 0 fully saturated rings. The van der Waals surface area contributed by atoms with Crippen LogP contribution in [0, 0.1) is 0 Å². The summed E-state index contributed by atoms with van der Waals surface area (Å²) in [5, 5.41) is 3.20. The molecule has 0 amide bonds. The molecule has 0 unspecified atom stereocenters. The second-order valence-electron chi connectivity index (χ2n) is 4.58. The summed E-state index contributed by atoms with van der Waals surface area (Å²) in [4.78, 5) is 0. The molecular formula is C13H20BrNO. The van der Waals surface area contributed by atoms with Crippen LogP contribution in [0.4, 0.5) is 0 Å². The van der Waals surface area contributed by atoms with E-state index in [0.717, 1.165) is 23.2 Å². The van der Waals surface area contributed by atoms with E-state index >= 15 is 0 Å². The molecule has 0 atom stereocenters. The molecule has 0 aliphatic rings. The van der Waals surface area contributed by atoms with Crippen LogP contribution in [0.15, 0.2) is 22.7 Å². The van der Waals surface area contributed by atoms with E-state index in [0.29, 0.717) is 0 Å². The Morgan fingerprint density at radius 3 is 2.56 bits per heavy atom. The molecule has 0 bridgehead atoms. The van der Waals surface area contributed by atoms with Gasteiger partial charge in [0.25, 0.3) is 0 Å². The van der Waals surface area contributed by atoms with Gasteiger partial charge in [0.05, 0.1) is 7.11 Å². The molecule has 0 radical (unpaired) electrons. The van der Waals surface area contributed by atoms with Gasteiger partial charge in [0.1, 0.15) is 5.75 Å². The number of ether oxygens (including phenoxy) is 1. The molecule has 2 nitrogen and oxygen atoms in total. The quantitative estimate of drug-likeness (QED) is 0.896. The van der Waals surface area contributed by atoms with Gasteiger partial charge in [-0.2, -0.15) is 0 Å². The zero-order valence-electron chi connectivity index (χ0n) is 10.4. The second-order valence-corrected chi connectivity index (χ2v) is 5.44. The number of hydrogen-bond donors (Lipinski definition) is 1. The molecule has 90 valence electrons. The maximum atomic E-state index is 5.20. The van der Waals surface area contributed by atoms with Gasteiger partial charge in [0.15, 0.2) is 0 Å². The number of benzene rings is 1. The maximum absolute atomic E-state index is 5.20. The van der Waals surface area contributed by atoms with E-state index in [1.54, 1.807) is 7.11 Å². The van der Waals surface area contributed by atoms with E-state index in [2.05, 4.69) is 41.2 Å². The first-order valence-corrected chi connectivity index (χ1v) is 6.29. The van der Waals surface area contributed by atoms with Gasteiger partial charge in [-0.05, 0) is 43.1 Å². The third kappa shape index (κ3) is 3.22. The van der Waals surface area contributed by atoms with Crippen LogP contribution in [0.1, 0.15) is 25.8 Å². The van der Waals surface area contributed by atoms with Crippen LogP contribution in [0.5, 0.6) is 5.75 Å². The summed E-state index contributed by atoms with van der Waals surface area (Å²) in [6, 6.07) is 6.18. The third-order valence-corrected chi connectivity index (χ3v) is 3.56. The Labute approximate surface area is 107 Å². The van der Waals surface area contributed by atoms with Crippen LogP contribution in [-0.2, 0) is 5.41 Å². The normalized spacial score (nSPS) is 11.6. The minimum Gasteiger partial charge on any atom is -0.497 e. The van der Waals surface area contributed by atoms with Crippen molar-refractivity contribution in [2.24, 2.45) is 0 Å². The lowest BCUT2D eigenvalue weighted by molar-refractivity contribution is 0.412. The fraction of sp³-hybridized carbons (Fsp3) is 0.538. The summed E-state index contributed by atoms with van der Waals surface area (Å²) in [6.45, 7) is 5.54. The standard InChI is InChI=1S/C13H20BrNO/c1-13(2,7-8-15-3)11-6-5-10(16-4)9-12(11)14/h5-6,9,15H,7-8H2,1-4H3. The molecule has 1 aromatic rings. The number of methoxy groups -OCH3 is 1. The second kappa shape index (κ2) is 5.69. The zero-order chi connectivity index (χ0) is 12.2. The first kappa shape index (κ1) is 13.5. The highest BCUT2D eigenvalue weighted by atomic mass is 79.9. The van der Waals surface area contributed by atoms with Gasteiger partial charge >= 0.3 is 0 Å². The predicted octanol–water partition coefficient (Wildman–Crippen LogP) is 3.34. The minimum atomic E-state index is 0.161. The van der Waals surface area contributed by atoms with Gasteiger partial charge in [-0.1, -0.05) is 35.8 Å². The molecule has 16 heavy (non-hydrogen) atoms. The minimum absolute atomic E-state index is 0.161.